The van der Waals surface area contributed by atoms with Gasteiger partial charge in [0.05, 0.1) is 5.69 Å². The van der Waals surface area contributed by atoms with Gasteiger partial charge in [-0.15, -0.1) is 0 Å². The smallest absolute Gasteiger partial charge is 0.220 e. The summed E-state index contributed by atoms with van der Waals surface area (Å²) in [6.07, 6.45) is 3.09. The summed E-state index contributed by atoms with van der Waals surface area (Å²) in [6.45, 7) is 4.53. The van der Waals surface area contributed by atoms with Crippen molar-refractivity contribution in [3.05, 3.63) is 71.2 Å². The van der Waals surface area contributed by atoms with Crippen LogP contribution in [0.1, 0.15) is 40.2 Å². The van der Waals surface area contributed by atoms with E-state index >= 15 is 0 Å². The maximum absolute atomic E-state index is 12.1. The summed E-state index contributed by atoms with van der Waals surface area (Å²) in [4.78, 5) is 28.6. The van der Waals surface area contributed by atoms with E-state index in [4.69, 9.17) is 0 Å². The Morgan fingerprint density at radius 3 is 2.54 bits per heavy atom. The molecule has 0 spiro atoms. The van der Waals surface area contributed by atoms with Crippen molar-refractivity contribution in [2.75, 3.05) is 6.54 Å². The van der Waals surface area contributed by atoms with Crippen LogP contribution in [0.3, 0.4) is 0 Å². The molecule has 1 aromatic carbocycles. The molecule has 0 atom stereocenters. The van der Waals surface area contributed by atoms with Gasteiger partial charge in [-0.25, -0.2) is 4.98 Å². The van der Waals surface area contributed by atoms with Crippen molar-refractivity contribution in [2.45, 2.75) is 33.1 Å². The molecule has 0 radical (unpaired) electrons. The number of aryl methyl sites for hydroxylation is 2. The Morgan fingerprint density at radius 2 is 1.81 bits per heavy atom. The van der Waals surface area contributed by atoms with Crippen molar-refractivity contribution in [1.29, 1.82) is 0 Å². The quantitative estimate of drug-likeness (QED) is 0.666. The largest absolute Gasteiger partial charge is 0.356 e. The lowest BCUT2D eigenvalue weighted by Crippen LogP contribution is -2.26. The molecule has 3 aromatic rings. The molecular formula is C21H23N3O2. The third kappa shape index (κ3) is 4.36. The van der Waals surface area contributed by atoms with Gasteiger partial charge in [0.2, 0.25) is 5.91 Å². The van der Waals surface area contributed by atoms with Gasteiger partial charge in [-0.1, -0.05) is 35.9 Å². The van der Waals surface area contributed by atoms with E-state index in [1.54, 1.807) is 12.1 Å². The van der Waals surface area contributed by atoms with E-state index in [0.29, 0.717) is 18.5 Å². The molecule has 0 saturated carbocycles. The van der Waals surface area contributed by atoms with Gasteiger partial charge in [0.1, 0.15) is 5.65 Å². The summed E-state index contributed by atoms with van der Waals surface area (Å²) < 4.78 is 2.04. The fourth-order valence-corrected chi connectivity index (χ4v) is 2.85. The van der Waals surface area contributed by atoms with Crippen molar-refractivity contribution in [3.8, 4) is 0 Å². The molecular weight excluding hydrogens is 326 g/mol. The molecule has 0 aliphatic carbocycles. The van der Waals surface area contributed by atoms with Crippen LogP contribution in [0.2, 0.25) is 0 Å². The maximum Gasteiger partial charge on any atom is 0.220 e. The minimum Gasteiger partial charge on any atom is -0.356 e. The second-order valence-electron chi connectivity index (χ2n) is 6.52. The summed E-state index contributed by atoms with van der Waals surface area (Å²) in [7, 11) is 0. The van der Waals surface area contributed by atoms with Gasteiger partial charge < -0.3 is 9.72 Å². The molecule has 2 aromatic heterocycles. The molecule has 0 fully saturated rings. The first-order valence-corrected chi connectivity index (χ1v) is 8.83. The summed E-state index contributed by atoms with van der Waals surface area (Å²) >= 11 is 0. The van der Waals surface area contributed by atoms with E-state index in [2.05, 4.69) is 10.3 Å². The number of nitrogens with zero attached hydrogens (tertiary/aromatic N) is 2. The number of benzene rings is 1. The molecule has 0 aliphatic rings. The van der Waals surface area contributed by atoms with Crippen LogP contribution in [0.25, 0.3) is 5.65 Å². The Kier molecular flexibility index (Phi) is 5.46. The zero-order valence-corrected chi connectivity index (χ0v) is 15.2. The van der Waals surface area contributed by atoms with Crippen LogP contribution in [-0.2, 0) is 11.2 Å². The lowest BCUT2D eigenvalue weighted by Gasteiger charge is -2.04. The standard InChI is InChI=1S/C21H23N3O2/c1-15-6-8-17(9-7-15)19(25)10-11-21(26)22-13-12-18-14-24-16(2)4-3-5-20(24)23-18/h3-9,14H,10-13H2,1-2H3,(H,22,26). The molecule has 134 valence electrons. The van der Waals surface area contributed by atoms with Gasteiger partial charge >= 0.3 is 0 Å². The number of carbonyl (C=O) groups is 2. The van der Waals surface area contributed by atoms with Gasteiger partial charge in [0.15, 0.2) is 5.78 Å². The highest BCUT2D eigenvalue weighted by atomic mass is 16.2. The molecule has 5 heteroatoms. The van der Waals surface area contributed by atoms with Crippen molar-refractivity contribution < 1.29 is 9.59 Å². The van der Waals surface area contributed by atoms with Crippen LogP contribution < -0.4 is 5.32 Å². The second-order valence-corrected chi connectivity index (χ2v) is 6.52. The molecule has 5 nitrogen and oxygen atoms in total. The zero-order chi connectivity index (χ0) is 18.5. The van der Waals surface area contributed by atoms with E-state index in [0.717, 1.165) is 22.6 Å². The number of Topliss-reactive ketones (excluding diaryl/α,β-unsaturated/α-hetero) is 1. The molecule has 3 rings (SSSR count). The Labute approximate surface area is 153 Å². The van der Waals surface area contributed by atoms with Crippen molar-refractivity contribution in [1.82, 2.24) is 14.7 Å². The molecule has 2 heterocycles. The Hall–Kier alpha value is -2.95. The predicted octanol–water partition coefficient (Wildman–Crippen LogP) is 3.27. The summed E-state index contributed by atoms with van der Waals surface area (Å²) in [5.41, 5.74) is 4.75. The molecule has 26 heavy (non-hydrogen) atoms. The average Bonchev–Trinajstić information content (AvgIpc) is 3.05. The number of aromatic nitrogens is 2. The highest BCUT2D eigenvalue weighted by molar-refractivity contribution is 5.97. The molecule has 0 saturated heterocycles. The number of ketones is 1. The molecule has 1 N–H and O–H groups in total. The number of hydrogen-bond acceptors (Lipinski definition) is 3. The van der Waals surface area contributed by atoms with Crippen LogP contribution >= 0.6 is 0 Å². The maximum atomic E-state index is 12.1. The van der Waals surface area contributed by atoms with E-state index < -0.39 is 0 Å². The monoisotopic (exact) mass is 349 g/mol. The minimum atomic E-state index is -0.106. The van der Waals surface area contributed by atoms with Gasteiger partial charge in [0.25, 0.3) is 0 Å². The average molecular weight is 349 g/mol. The number of carbonyl (C=O) groups excluding carboxylic acids is 2. The number of imidazole rings is 1. The molecule has 0 aliphatic heterocycles. The van der Waals surface area contributed by atoms with Gasteiger partial charge in [-0.3, -0.25) is 9.59 Å². The Bertz CT molecular complexity index is 926. The first-order valence-electron chi connectivity index (χ1n) is 8.83. The van der Waals surface area contributed by atoms with Crippen LogP contribution in [-0.4, -0.2) is 27.6 Å². The third-order valence-corrected chi connectivity index (χ3v) is 4.40. The summed E-state index contributed by atoms with van der Waals surface area (Å²) in [5.74, 6) is -0.110. The minimum absolute atomic E-state index is 0.00373. The molecule has 0 bridgehead atoms. The van der Waals surface area contributed by atoms with Crippen LogP contribution in [0.15, 0.2) is 48.7 Å². The lowest BCUT2D eigenvalue weighted by molar-refractivity contribution is -0.121. The Balaban J connectivity index is 1.44. The van der Waals surface area contributed by atoms with E-state index in [1.807, 2.05) is 54.8 Å². The first-order chi connectivity index (χ1) is 12.5. The number of fused-ring (bicyclic) bond motifs is 1. The van der Waals surface area contributed by atoms with E-state index in [-0.39, 0.29) is 24.5 Å². The number of amides is 1. The number of pyridine rings is 1. The zero-order valence-electron chi connectivity index (χ0n) is 15.2. The highest BCUT2D eigenvalue weighted by Gasteiger charge is 2.09. The van der Waals surface area contributed by atoms with Gasteiger partial charge in [-0.2, -0.15) is 0 Å². The third-order valence-electron chi connectivity index (χ3n) is 4.40. The number of rotatable bonds is 7. The van der Waals surface area contributed by atoms with Gasteiger partial charge in [-0.05, 0) is 26.0 Å². The number of hydrogen-bond donors (Lipinski definition) is 1. The van der Waals surface area contributed by atoms with Crippen molar-refractivity contribution >= 4 is 17.3 Å². The van der Waals surface area contributed by atoms with E-state index in [9.17, 15) is 9.59 Å². The molecule has 1 amide bonds. The first kappa shape index (κ1) is 17.9. The summed E-state index contributed by atoms with van der Waals surface area (Å²) in [5, 5.41) is 2.87. The fourth-order valence-electron chi connectivity index (χ4n) is 2.85. The van der Waals surface area contributed by atoms with Crippen LogP contribution in [0.5, 0.6) is 0 Å². The van der Waals surface area contributed by atoms with E-state index in [1.165, 1.54) is 0 Å². The van der Waals surface area contributed by atoms with Crippen LogP contribution in [0.4, 0.5) is 0 Å². The topological polar surface area (TPSA) is 63.5 Å². The summed E-state index contributed by atoms with van der Waals surface area (Å²) in [6, 6.07) is 13.4. The van der Waals surface area contributed by atoms with Crippen molar-refractivity contribution in [3.63, 3.8) is 0 Å². The van der Waals surface area contributed by atoms with Crippen molar-refractivity contribution in [2.24, 2.45) is 0 Å². The highest BCUT2D eigenvalue weighted by Crippen LogP contribution is 2.09. The molecule has 0 unspecified atom stereocenters. The SMILES string of the molecule is Cc1ccc(C(=O)CCC(=O)NCCc2cn3c(C)cccc3n2)cc1. The fraction of sp³-hybridized carbons (Fsp3) is 0.286. The van der Waals surface area contributed by atoms with Crippen LogP contribution in [0, 0.1) is 13.8 Å². The van der Waals surface area contributed by atoms with Gasteiger partial charge in [0, 0.05) is 43.3 Å². The lowest BCUT2D eigenvalue weighted by atomic mass is 10.1. The second kappa shape index (κ2) is 7.95. The Morgan fingerprint density at radius 1 is 1.04 bits per heavy atom. The predicted molar refractivity (Wildman–Crippen MR) is 101 cm³/mol. The number of nitrogens with one attached hydrogen (secondary N) is 1. The normalized spacial score (nSPS) is 10.8.